The Balaban J connectivity index is 1.67. The maximum Gasteiger partial charge on any atom is 0.223 e. The van der Waals surface area contributed by atoms with Gasteiger partial charge in [0.1, 0.15) is 0 Å². The van der Waals surface area contributed by atoms with Crippen molar-refractivity contribution < 1.29 is 14.3 Å². The second-order valence-corrected chi connectivity index (χ2v) is 7.33. The van der Waals surface area contributed by atoms with Gasteiger partial charge in [-0.1, -0.05) is 66.7 Å². The molecule has 0 saturated carbocycles. The summed E-state index contributed by atoms with van der Waals surface area (Å²) in [7, 11) is 5.13. The third-order valence-electron chi connectivity index (χ3n) is 5.39. The summed E-state index contributed by atoms with van der Waals surface area (Å²) in [6.07, 6.45) is 1.19. The van der Waals surface area contributed by atoms with Crippen LogP contribution in [0.2, 0.25) is 0 Å². The Morgan fingerprint density at radius 1 is 0.833 bits per heavy atom. The number of amides is 1. The lowest BCUT2D eigenvalue weighted by atomic mass is 9.88. The standard InChI is InChI=1S/C26H29NO3/c1-27(17-16-20-14-15-24(29-2)25(18-20)30-3)26(28)19-23(21-10-6-4-7-11-21)22-12-8-5-9-13-22/h4-15,18,23H,16-17,19H2,1-3H3. The van der Waals surface area contributed by atoms with Crippen LogP contribution in [-0.2, 0) is 11.2 Å². The molecular weight excluding hydrogens is 374 g/mol. The van der Waals surface area contributed by atoms with Crippen LogP contribution in [0.4, 0.5) is 0 Å². The molecule has 0 heterocycles. The normalized spacial score (nSPS) is 10.7. The number of rotatable bonds is 9. The highest BCUT2D eigenvalue weighted by atomic mass is 16.5. The summed E-state index contributed by atoms with van der Waals surface area (Å²) < 4.78 is 10.7. The predicted octanol–water partition coefficient (Wildman–Crippen LogP) is 4.93. The molecule has 0 bridgehead atoms. The fourth-order valence-corrected chi connectivity index (χ4v) is 3.59. The van der Waals surface area contributed by atoms with Gasteiger partial charge in [0.25, 0.3) is 0 Å². The van der Waals surface area contributed by atoms with E-state index in [1.807, 2.05) is 66.5 Å². The summed E-state index contributed by atoms with van der Waals surface area (Å²) >= 11 is 0. The fourth-order valence-electron chi connectivity index (χ4n) is 3.59. The van der Waals surface area contributed by atoms with Crippen molar-refractivity contribution in [1.29, 1.82) is 0 Å². The fraction of sp³-hybridized carbons (Fsp3) is 0.269. The second-order valence-electron chi connectivity index (χ2n) is 7.33. The van der Waals surface area contributed by atoms with Crippen LogP contribution in [0.5, 0.6) is 11.5 Å². The van der Waals surface area contributed by atoms with E-state index in [4.69, 9.17) is 9.47 Å². The molecule has 3 aromatic carbocycles. The van der Waals surface area contributed by atoms with Crippen LogP contribution in [0.3, 0.4) is 0 Å². The molecule has 156 valence electrons. The van der Waals surface area contributed by atoms with E-state index in [2.05, 4.69) is 24.3 Å². The Kier molecular flexibility index (Phi) is 7.50. The predicted molar refractivity (Wildman–Crippen MR) is 120 cm³/mol. The van der Waals surface area contributed by atoms with Crippen molar-refractivity contribution in [3.63, 3.8) is 0 Å². The number of nitrogens with zero attached hydrogens (tertiary/aromatic N) is 1. The molecule has 0 saturated heterocycles. The minimum Gasteiger partial charge on any atom is -0.493 e. The van der Waals surface area contributed by atoms with Gasteiger partial charge in [-0.15, -0.1) is 0 Å². The molecule has 0 N–H and O–H groups in total. The Hall–Kier alpha value is -3.27. The summed E-state index contributed by atoms with van der Waals surface area (Å²) in [6.45, 7) is 0.643. The number of ether oxygens (including phenoxy) is 2. The molecule has 4 heteroatoms. The molecule has 0 atom stereocenters. The minimum atomic E-state index is 0.0448. The summed E-state index contributed by atoms with van der Waals surface area (Å²) in [6, 6.07) is 26.3. The molecule has 3 rings (SSSR count). The number of likely N-dealkylation sites (N-methyl/N-ethyl adjacent to an activating group) is 1. The van der Waals surface area contributed by atoms with Gasteiger partial charge in [0.2, 0.25) is 5.91 Å². The first-order valence-corrected chi connectivity index (χ1v) is 10.2. The molecule has 0 aromatic heterocycles. The Bertz CT molecular complexity index is 902. The van der Waals surface area contributed by atoms with E-state index >= 15 is 0 Å². The zero-order valence-electron chi connectivity index (χ0n) is 17.9. The molecule has 1 amide bonds. The average Bonchev–Trinajstić information content (AvgIpc) is 2.81. The first kappa shape index (κ1) is 21.4. The third kappa shape index (κ3) is 5.41. The first-order valence-electron chi connectivity index (χ1n) is 10.2. The maximum absolute atomic E-state index is 13.0. The van der Waals surface area contributed by atoms with Crippen molar-refractivity contribution in [2.75, 3.05) is 27.8 Å². The minimum absolute atomic E-state index is 0.0448. The molecule has 0 aliphatic rings. The largest absolute Gasteiger partial charge is 0.493 e. The number of hydrogen-bond acceptors (Lipinski definition) is 3. The van der Waals surface area contributed by atoms with E-state index in [1.165, 1.54) is 0 Å². The van der Waals surface area contributed by atoms with Crippen LogP contribution in [0.15, 0.2) is 78.9 Å². The Morgan fingerprint density at radius 3 is 1.93 bits per heavy atom. The van der Waals surface area contributed by atoms with Crippen molar-refractivity contribution in [2.24, 2.45) is 0 Å². The average molecular weight is 404 g/mol. The van der Waals surface area contributed by atoms with Crippen LogP contribution < -0.4 is 9.47 Å². The van der Waals surface area contributed by atoms with Crippen LogP contribution in [0, 0.1) is 0 Å². The highest BCUT2D eigenvalue weighted by Crippen LogP contribution is 2.29. The summed E-state index contributed by atoms with van der Waals surface area (Å²) in [5.74, 6) is 1.59. The quantitative estimate of drug-likeness (QED) is 0.509. The van der Waals surface area contributed by atoms with Crippen molar-refractivity contribution in [2.45, 2.75) is 18.8 Å². The zero-order chi connectivity index (χ0) is 21.3. The highest BCUT2D eigenvalue weighted by Gasteiger charge is 2.20. The van der Waals surface area contributed by atoms with E-state index in [9.17, 15) is 4.79 Å². The van der Waals surface area contributed by atoms with E-state index in [-0.39, 0.29) is 11.8 Å². The summed E-state index contributed by atoms with van der Waals surface area (Å²) in [5, 5.41) is 0. The highest BCUT2D eigenvalue weighted by molar-refractivity contribution is 5.77. The lowest BCUT2D eigenvalue weighted by molar-refractivity contribution is -0.130. The van der Waals surface area contributed by atoms with Crippen molar-refractivity contribution in [3.05, 3.63) is 95.6 Å². The SMILES string of the molecule is COc1ccc(CCN(C)C(=O)CC(c2ccccc2)c2ccccc2)cc1OC. The molecule has 0 aliphatic heterocycles. The Labute approximate surface area is 179 Å². The van der Waals surface area contributed by atoms with E-state index in [1.54, 1.807) is 14.2 Å². The van der Waals surface area contributed by atoms with E-state index in [0.29, 0.717) is 24.5 Å². The van der Waals surface area contributed by atoms with Gasteiger partial charge in [-0.3, -0.25) is 4.79 Å². The smallest absolute Gasteiger partial charge is 0.223 e. The van der Waals surface area contributed by atoms with Gasteiger partial charge in [0.15, 0.2) is 11.5 Å². The van der Waals surface area contributed by atoms with Gasteiger partial charge in [0.05, 0.1) is 14.2 Å². The third-order valence-corrected chi connectivity index (χ3v) is 5.39. The summed E-state index contributed by atoms with van der Waals surface area (Å²) in [4.78, 5) is 14.8. The van der Waals surface area contributed by atoms with E-state index in [0.717, 1.165) is 23.1 Å². The molecular formula is C26H29NO3. The lowest BCUT2D eigenvalue weighted by Gasteiger charge is -2.23. The van der Waals surface area contributed by atoms with Crippen LogP contribution in [0.1, 0.15) is 29.0 Å². The number of carbonyl (C=O) groups is 1. The van der Waals surface area contributed by atoms with Gasteiger partial charge in [-0.25, -0.2) is 0 Å². The number of hydrogen-bond donors (Lipinski definition) is 0. The van der Waals surface area contributed by atoms with Gasteiger partial charge < -0.3 is 14.4 Å². The van der Waals surface area contributed by atoms with Gasteiger partial charge in [-0.2, -0.15) is 0 Å². The monoisotopic (exact) mass is 403 g/mol. The number of methoxy groups -OCH3 is 2. The molecule has 30 heavy (non-hydrogen) atoms. The van der Waals surface area contributed by atoms with Crippen LogP contribution in [-0.4, -0.2) is 38.6 Å². The summed E-state index contributed by atoms with van der Waals surface area (Å²) in [5.41, 5.74) is 3.42. The Morgan fingerprint density at radius 2 is 1.40 bits per heavy atom. The van der Waals surface area contributed by atoms with Gasteiger partial charge in [0, 0.05) is 25.9 Å². The molecule has 0 radical (unpaired) electrons. The van der Waals surface area contributed by atoms with Gasteiger partial charge in [-0.05, 0) is 35.2 Å². The topological polar surface area (TPSA) is 38.8 Å². The van der Waals surface area contributed by atoms with Crippen molar-refractivity contribution in [1.82, 2.24) is 4.90 Å². The molecule has 4 nitrogen and oxygen atoms in total. The molecule has 0 unspecified atom stereocenters. The van der Waals surface area contributed by atoms with Gasteiger partial charge >= 0.3 is 0 Å². The molecule has 3 aromatic rings. The first-order chi connectivity index (χ1) is 14.6. The number of benzene rings is 3. The van der Waals surface area contributed by atoms with Crippen LogP contribution in [0.25, 0.3) is 0 Å². The maximum atomic E-state index is 13.0. The molecule has 0 spiro atoms. The lowest BCUT2D eigenvalue weighted by Crippen LogP contribution is -2.30. The molecule has 0 aliphatic carbocycles. The van der Waals surface area contributed by atoms with Crippen molar-refractivity contribution in [3.8, 4) is 11.5 Å². The zero-order valence-corrected chi connectivity index (χ0v) is 17.9. The number of carbonyl (C=O) groups excluding carboxylic acids is 1. The van der Waals surface area contributed by atoms with Crippen molar-refractivity contribution >= 4 is 5.91 Å². The second kappa shape index (κ2) is 10.5. The molecule has 0 fully saturated rings. The van der Waals surface area contributed by atoms with Crippen LogP contribution >= 0.6 is 0 Å². The van der Waals surface area contributed by atoms with E-state index < -0.39 is 0 Å².